The Kier molecular flexibility index (Phi) is 9.21. The Labute approximate surface area is 189 Å². The number of aliphatic carboxylic acids is 2. The number of hydrogen-bond acceptors (Lipinski definition) is 5. The van der Waals surface area contributed by atoms with Gasteiger partial charge in [-0.1, -0.05) is 30.3 Å². The van der Waals surface area contributed by atoms with E-state index in [2.05, 4.69) is 20.9 Å². The normalized spacial score (nSPS) is 27.2. The lowest BCUT2D eigenvalue weighted by Gasteiger charge is -2.49. The predicted molar refractivity (Wildman–Crippen MR) is 118 cm³/mol. The molecule has 32 heavy (non-hydrogen) atoms. The van der Waals surface area contributed by atoms with Crippen molar-refractivity contribution in [1.82, 2.24) is 0 Å². The SMILES string of the molecule is CC(C)[N+]1(C)[C@@H]2CC[C@@H]1CC(OC(=O)C(CO)c1ccccc1)C2.O=C(O)CCC(=O)O. The van der Waals surface area contributed by atoms with Crippen LogP contribution in [0.4, 0.5) is 0 Å². The van der Waals surface area contributed by atoms with Crippen LogP contribution in [0.1, 0.15) is 63.9 Å². The first kappa shape index (κ1) is 25.8. The highest BCUT2D eigenvalue weighted by Gasteiger charge is 2.53. The summed E-state index contributed by atoms with van der Waals surface area (Å²) in [5.41, 5.74) is 0.826. The Morgan fingerprint density at radius 3 is 1.91 bits per heavy atom. The number of piperidine rings is 1. The Morgan fingerprint density at radius 2 is 1.50 bits per heavy atom. The summed E-state index contributed by atoms with van der Waals surface area (Å²) in [5.74, 6) is -3.01. The fourth-order valence-corrected chi connectivity index (χ4v) is 5.03. The summed E-state index contributed by atoms with van der Waals surface area (Å²) in [6, 6.07) is 11.2. The van der Waals surface area contributed by atoms with E-state index < -0.39 is 17.9 Å². The van der Waals surface area contributed by atoms with E-state index in [9.17, 15) is 19.5 Å². The molecule has 0 radical (unpaired) electrons. The monoisotopic (exact) mass is 450 g/mol. The topological polar surface area (TPSA) is 121 Å². The highest BCUT2D eigenvalue weighted by Crippen LogP contribution is 2.44. The summed E-state index contributed by atoms with van der Waals surface area (Å²) in [7, 11) is 2.37. The molecular formula is C24H36NO7+. The third-order valence-corrected chi connectivity index (χ3v) is 7.09. The van der Waals surface area contributed by atoms with Crippen LogP contribution in [0, 0.1) is 0 Å². The van der Waals surface area contributed by atoms with Crippen LogP contribution in [-0.2, 0) is 19.1 Å². The third kappa shape index (κ3) is 6.29. The minimum absolute atomic E-state index is 0.00212. The van der Waals surface area contributed by atoms with Gasteiger partial charge < -0.3 is 24.5 Å². The van der Waals surface area contributed by atoms with Crippen LogP contribution in [0.2, 0.25) is 0 Å². The molecule has 8 nitrogen and oxygen atoms in total. The van der Waals surface area contributed by atoms with Gasteiger partial charge in [0, 0.05) is 25.7 Å². The number of hydrogen-bond donors (Lipinski definition) is 3. The minimum Gasteiger partial charge on any atom is -0.481 e. The first-order chi connectivity index (χ1) is 15.1. The molecule has 1 aromatic rings. The van der Waals surface area contributed by atoms with Gasteiger partial charge in [-0.05, 0) is 19.4 Å². The van der Waals surface area contributed by atoms with Crippen molar-refractivity contribution < 1.29 is 38.9 Å². The first-order valence-corrected chi connectivity index (χ1v) is 11.2. The highest BCUT2D eigenvalue weighted by atomic mass is 16.5. The largest absolute Gasteiger partial charge is 0.481 e. The molecule has 178 valence electrons. The fourth-order valence-electron chi connectivity index (χ4n) is 5.03. The van der Waals surface area contributed by atoms with Crippen LogP contribution in [0.15, 0.2) is 30.3 Å². The average Bonchev–Trinajstić information content (AvgIpc) is 2.91. The van der Waals surface area contributed by atoms with Gasteiger partial charge in [0.25, 0.3) is 0 Å². The molecule has 2 fully saturated rings. The van der Waals surface area contributed by atoms with Crippen molar-refractivity contribution in [3.8, 4) is 0 Å². The zero-order chi connectivity index (χ0) is 23.9. The number of ether oxygens (including phenoxy) is 1. The quantitative estimate of drug-likeness (QED) is 0.411. The summed E-state index contributed by atoms with van der Waals surface area (Å²) in [5, 5.41) is 25.4. The van der Waals surface area contributed by atoms with Gasteiger partial charge in [-0.15, -0.1) is 0 Å². The number of fused-ring (bicyclic) bond motifs is 2. The maximum absolute atomic E-state index is 12.6. The summed E-state index contributed by atoms with van der Waals surface area (Å²) in [6.07, 6.45) is 3.77. The van der Waals surface area contributed by atoms with E-state index >= 15 is 0 Å². The molecule has 0 amide bonds. The molecule has 2 aliphatic rings. The highest BCUT2D eigenvalue weighted by molar-refractivity contribution is 5.78. The zero-order valence-electron chi connectivity index (χ0n) is 19.1. The summed E-state index contributed by atoms with van der Waals surface area (Å²) < 4.78 is 6.96. The fraction of sp³-hybridized carbons (Fsp3) is 0.625. The Hall–Kier alpha value is -2.45. The molecule has 2 aliphatic heterocycles. The second kappa shape index (κ2) is 11.4. The first-order valence-electron chi connectivity index (χ1n) is 11.2. The van der Waals surface area contributed by atoms with Gasteiger partial charge in [0.2, 0.25) is 0 Å². The molecule has 2 heterocycles. The summed E-state index contributed by atoms with van der Waals surface area (Å²) in [6.45, 7) is 4.39. The van der Waals surface area contributed by atoms with Crippen LogP contribution in [0.5, 0.6) is 0 Å². The van der Waals surface area contributed by atoms with Gasteiger partial charge in [0.15, 0.2) is 0 Å². The number of carbonyl (C=O) groups excluding carboxylic acids is 1. The maximum Gasteiger partial charge on any atom is 0.316 e. The van der Waals surface area contributed by atoms with Gasteiger partial charge >= 0.3 is 17.9 Å². The molecule has 2 saturated heterocycles. The number of esters is 1. The van der Waals surface area contributed by atoms with Crippen molar-refractivity contribution in [3.05, 3.63) is 35.9 Å². The lowest BCUT2D eigenvalue weighted by Crippen LogP contribution is -2.62. The molecular weight excluding hydrogens is 414 g/mol. The molecule has 1 aromatic carbocycles. The number of aliphatic hydroxyl groups excluding tert-OH is 1. The van der Waals surface area contributed by atoms with Gasteiger partial charge in [0.1, 0.15) is 12.0 Å². The van der Waals surface area contributed by atoms with E-state index in [1.807, 2.05) is 30.3 Å². The minimum atomic E-state index is -1.08. The number of nitrogens with zero attached hydrogens (tertiary/aromatic N) is 1. The zero-order valence-corrected chi connectivity index (χ0v) is 19.1. The van der Waals surface area contributed by atoms with Gasteiger partial charge in [-0.25, -0.2) is 0 Å². The van der Waals surface area contributed by atoms with Crippen molar-refractivity contribution in [2.45, 2.75) is 82.5 Å². The molecule has 3 N–H and O–H groups in total. The van der Waals surface area contributed by atoms with E-state index in [1.165, 1.54) is 12.8 Å². The lowest BCUT2D eigenvalue weighted by molar-refractivity contribution is -0.968. The van der Waals surface area contributed by atoms with Crippen LogP contribution in [0.3, 0.4) is 0 Å². The molecule has 0 aromatic heterocycles. The standard InChI is InChI=1S/C20H30NO3.C4H6O4/c1-14(2)21(3)16-9-10-17(21)12-18(11-16)24-20(23)19(13-22)15-7-5-4-6-8-15;5-3(6)1-2-4(7)8/h4-8,14,16-19,22H,9-13H2,1-3H3;1-2H2,(H,5,6)(H,7,8)/q+1;/t16-,17-,18?,19?,21?;/m1./s1. The van der Waals surface area contributed by atoms with Crippen molar-refractivity contribution in [1.29, 1.82) is 0 Å². The second-order valence-corrected chi connectivity index (χ2v) is 9.16. The van der Waals surface area contributed by atoms with Crippen LogP contribution in [-0.4, -0.2) is 75.6 Å². The van der Waals surface area contributed by atoms with E-state index in [0.29, 0.717) is 18.1 Å². The van der Waals surface area contributed by atoms with E-state index in [0.717, 1.165) is 22.9 Å². The van der Waals surface area contributed by atoms with Gasteiger partial charge in [-0.3, -0.25) is 14.4 Å². The lowest BCUT2D eigenvalue weighted by atomic mass is 9.94. The van der Waals surface area contributed by atoms with Crippen molar-refractivity contribution in [2.75, 3.05) is 13.7 Å². The molecule has 0 aliphatic carbocycles. The number of aliphatic hydroxyl groups is 1. The van der Waals surface area contributed by atoms with E-state index in [1.54, 1.807) is 0 Å². The Balaban J connectivity index is 0.000000390. The predicted octanol–water partition coefficient (Wildman–Crippen LogP) is 2.79. The summed E-state index contributed by atoms with van der Waals surface area (Å²) in [4.78, 5) is 31.9. The second-order valence-electron chi connectivity index (χ2n) is 9.16. The van der Waals surface area contributed by atoms with Crippen LogP contribution in [0.25, 0.3) is 0 Å². The number of carboxylic acid groups (broad SMARTS) is 2. The van der Waals surface area contributed by atoms with Gasteiger partial charge in [-0.2, -0.15) is 0 Å². The van der Waals surface area contributed by atoms with Crippen LogP contribution < -0.4 is 0 Å². The third-order valence-electron chi connectivity index (χ3n) is 7.09. The number of rotatable bonds is 8. The Morgan fingerprint density at radius 1 is 1.00 bits per heavy atom. The molecule has 3 atom stereocenters. The number of carboxylic acids is 2. The number of quaternary nitrogens is 1. The maximum atomic E-state index is 12.6. The van der Waals surface area contributed by atoms with E-state index in [4.69, 9.17) is 14.9 Å². The van der Waals surface area contributed by atoms with Gasteiger partial charge in [0.05, 0.1) is 44.6 Å². The molecule has 3 rings (SSSR count). The smallest absolute Gasteiger partial charge is 0.316 e. The average molecular weight is 451 g/mol. The molecule has 1 unspecified atom stereocenters. The van der Waals surface area contributed by atoms with E-state index in [-0.39, 0.29) is 31.5 Å². The molecule has 0 spiro atoms. The van der Waals surface area contributed by atoms with Crippen molar-refractivity contribution >= 4 is 17.9 Å². The van der Waals surface area contributed by atoms with Crippen molar-refractivity contribution in [2.24, 2.45) is 0 Å². The molecule has 8 heteroatoms. The number of carbonyl (C=O) groups is 3. The Bertz CT molecular complexity index is 752. The summed E-state index contributed by atoms with van der Waals surface area (Å²) >= 11 is 0. The molecule has 0 saturated carbocycles. The molecule has 2 bridgehead atoms. The van der Waals surface area contributed by atoms with Crippen molar-refractivity contribution in [3.63, 3.8) is 0 Å². The number of benzene rings is 1. The van der Waals surface area contributed by atoms with Crippen LogP contribution >= 0.6 is 0 Å².